The Balaban J connectivity index is 0.00000324. The Bertz CT molecular complexity index is 281. The zero-order valence-corrected chi connectivity index (χ0v) is 15.3. The fourth-order valence-electron chi connectivity index (χ4n) is 2.02. The molecule has 0 aliphatic carbocycles. The standard InChI is InChI=1S/C14H29N3O.HI/c1-13(2,3)8-9-16-12(15-5)17-11-14(4)7-6-10-18-14;/h6-11H2,1-5H3,(H2,15,16,17);1H. The number of nitrogens with zero attached hydrogens (tertiary/aromatic N) is 1. The average molecular weight is 383 g/mol. The van der Waals surface area contributed by atoms with E-state index in [9.17, 15) is 0 Å². The summed E-state index contributed by atoms with van der Waals surface area (Å²) < 4.78 is 5.75. The van der Waals surface area contributed by atoms with E-state index in [4.69, 9.17) is 4.74 Å². The molecule has 0 saturated carbocycles. The van der Waals surface area contributed by atoms with E-state index in [1.807, 2.05) is 7.05 Å². The Labute approximate surface area is 135 Å². The maximum atomic E-state index is 5.75. The highest BCUT2D eigenvalue weighted by Crippen LogP contribution is 2.23. The Morgan fingerprint density at radius 1 is 1.32 bits per heavy atom. The number of hydrogen-bond donors (Lipinski definition) is 2. The van der Waals surface area contributed by atoms with Gasteiger partial charge in [0.05, 0.1) is 5.60 Å². The van der Waals surface area contributed by atoms with Crippen LogP contribution in [-0.4, -0.2) is 38.3 Å². The molecule has 0 aromatic carbocycles. The Kier molecular flexibility index (Phi) is 8.27. The van der Waals surface area contributed by atoms with Gasteiger partial charge < -0.3 is 15.4 Å². The largest absolute Gasteiger partial charge is 0.373 e. The van der Waals surface area contributed by atoms with Gasteiger partial charge in [0.25, 0.3) is 0 Å². The van der Waals surface area contributed by atoms with E-state index in [0.29, 0.717) is 5.41 Å². The first-order valence-corrected chi connectivity index (χ1v) is 6.93. The normalized spacial score (nSPS) is 23.9. The van der Waals surface area contributed by atoms with E-state index in [1.54, 1.807) is 0 Å². The summed E-state index contributed by atoms with van der Waals surface area (Å²) in [6, 6.07) is 0. The van der Waals surface area contributed by atoms with E-state index < -0.39 is 0 Å². The van der Waals surface area contributed by atoms with Crippen LogP contribution < -0.4 is 10.6 Å². The fourth-order valence-corrected chi connectivity index (χ4v) is 2.02. The van der Waals surface area contributed by atoms with Crippen molar-refractivity contribution in [3.05, 3.63) is 0 Å². The molecule has 5 heteroatoms. The highest BCUT2D eigenvalue weighted by atomic mass is 127. The maximum Gasteiger partial charge on any atom is 0.191 e. The molecular weight excluding hydrogens is 353 g/mol. The molecule has 1 atom stereocenters. The second-order valence-corrected chi connectivity index (χ2v) is 6.57. The van der Waals surface area contributed by atoms with Crippen molar-refractivity contribution >= 4 is 29.9 Å². The van der Waals surface area contributed by atoms with Gasteiger partial charge in [0.15, 0.2) is 5.96 Å². The maximum absolute atomic E-state index is 5.75. The fraction of sp³-hybridized carbons (Fsp3) is 0.929. The summed E-state index contributed by atoms with van der Waals surface area (Å²) in [6.45, 7) is 11.6. The molecule has 19 heavy (non-hydrogen) atoms. The van der Waals surface area contributed by atoms with Gasteiger partial charge in [-0.05, 0) is 31.6 Å². The Hall–Kier alpha value is -0.0400. The lowest BCUT2D eigenvalue weighted by atomic mass is 9.92. The first kappa shape index (κ1) is 19.0. The van der Waals surface area contributed by atoms with Crippen molar-refractivity contribution in [1.29, 1.82) is 0 Å². The molecule has 4 nitrogen and oxygen atoms in total. The van der Waals surface area contributed by atoms with Gasteiger partial charge in [-0.15, -0.1) is 24.0 Å². The molecule has 0 amide bonds. The van der Waals surface area contributed by atoms with Gasteiger partial charge >= 0.3 is 0 Å². The number of aliphatic imine (C=N–C) groups is 1. The van der Waals surface area contributed by atoms with E-state index in [2.05, 4.69) is 43.3 Å². The summed E-state index contributed by atoms with van der Waals surface area (Å²) in [6.07, 6.45) is 3.41. The summed E-state index contributed by atoms with van der Waals surface area (Å²) in [7, 11) is 1.81. The topological polar surface area (TPSA) is 45.7 Å². The second kappa shape index (κ2) is 8.29. The van der Waals surface area contributed by atoms with Gasteiger partial charge in [0.1, 0.15) is 0 Å². The van der Waals surface area contributed by atoms with Crippen molar-refractivity contribution in [3.63, 3.8) is 0 Å². The summed E-state index contributed by atoms with van der Waals surface area (Å²) in [5, 5.41) is 6.70. The molecule has 0 aromatic rings. The van der Waals surface area contributed by atoms with E-state index >= 15 is 0 Å². The van der Waals surface area contributed by atoms with Crippen molar-refractivity contribution in [3.8, 4) is 0 Å². The van der Waals surface area contributed by atoms with Crippen LogP contribution in [0.25, 0.3) is 0 Å². The quantitative estimate of drug-likeness (QED) is 0.446. The van der Waals surface area contributed by atoms with Crippen LogP contribution in [0.4, 0.5) is 0 Å². The third kappa shape index (κ3) is 7.97. The lowest BCUT2D eigenvalue weighted by molar-refractivity contribution is 0.0243. The van der Waals surface area contributed by atoms with Crippen LogP contribution >= 0.6 is 24.0 Å². The van der Waals surface area contributed by atoms with Crippen LogP contribution in [-0.2, 0) is 4.74 Å². The molecule has 1 aliphatic heterocycles. The number of guanidine groups is 1. The number of rotatable bonds is 4. The van der Waals surface area contributed by atoms with Gasteiger partial charge in [-0.2, -0.15) is 0 Å². The lowest BCUT2D eigenvalue weighted by Gasteiger charge is -2.25. The van der Waals surface area contributed by atoms with Crippen LogP contribution in [0.15, 0.2) is 4.99 Å². The minimum absolute atomic E-state index is 0. The molecule has 1 saturated heterocycles. The minimum atomic E-state index is -0.0261. The van der Waals surface area contributed by atoms with Gasteiger partial charge in [-0.25, -0.2) is 0 Å². The van der Waals surface area contributed by atoms with E-state index in [1.165, 1.54) is 0 Å². The number of hydrogen-bond acceptors (Lipinski definition) is 2. The van der Waals surface area contributed by atoms with Gasteiger partial charge in [-0.1, -0.05) is 20.8 Å². The summed E-state index contributed by atoms with van der Waals surface area (Å²) >= 11 is 0. The first-order valence-electron chi connectivity index (χ1n) is 6.93. The monoisotopic (exact) mass is 383 g/mol. The molecule has 1 heterocycles. The minimum Gasteiger partial charge on any atom is -0.373 e. The summed E-state index contributed by atoms with van der Waals surface area (Å²) in [4.78, 5) is 4.24. The molecule has 1 aliphatic rings. The van der Waals surface area contributed by atoms with Gasteiger partial charge in [0, 0.05) is 26.7 Å². The van der Waals surface area contributed by atoms with Crippen LogP contribution in [0.1, 0.15) is 47.0 Å². The van der Waals surface area contributed by atoms with Gasteiger partial charge in [-0.3, -0.25) is 4.99 Å². The molecule has 114 valence electrons. The van der Waals surface area contributed by atoms with Crippen molar-refractivity contribution in [2.24, 2.45) is 10.4 Å². The molecule has 0 aromatic heterocycles. The molecule has 0 radical (unpaired) electrons. The predicted molar refractivity (Wildman–Crippen MR) is 92.4 cm³/mol. The van der Waals surface area contributed by atoms with Crippen LogP contribution in [0.5, 0.6) is 0 Å². The smallest absolute Gasteiger partial charge is 0.191 e. The van der Waals surface area contributed by atoms with E-state index in [0.717, 1.165) is 44.9 Å². The second-order valence-electron chi connectivity index (χ2n) is 6.57. The van der Waals surface area contributed by atoms with Crippen molar-refractivity contribution < 1.29 is 4.74 Å². The summed E-state index contributed by atoms with van der Waals surface area (Å²) in [5.74, 6) is 0.871. The number of ether oxygens (including phenoxy) is 1. The number of nitrogens with one attached hydrogen (secondary N) is 2. The first-order chi connectivity index (χ1) is 8.35. The molecule has 0 spiro atoms. The highest BCUT2D eigenvalue weighted by molar-refractivity contribution is 14.0. The summed E-state index contributed by atoms with van der Waals surface area (Å²) in [5.41, 5.74) is 0.327. The SMILES string of the molecule is CN=C(NCCC(C)(C)C)NCC1(C)CCCO1.I. The number of halogens is 1. The zero-order chi connectivity index (χ0) is 13.6. The predicted octanol–water partition coefficient (Wildman–Crippen LogP) is 2.77. The Morgan fingerprint density at radius 3 is 2.47 bits per heavy atom. The van der Waals surface area contributed by atoms with Crippen LogP contribution in [0.3, 0.4) is 0 Å². The molecule has 0 bridgehead atoms. The molecule has 1 fully saturated rings. The average Bonchev–Trinajstić information content (AvgIpc) is 2.69. The van der Waals surface area contributed by atoms with Crippen molar-refractivity contribution in [1.82, 2.24) is 10.6 Å². The van der Waals surface area contributed by atoms with Crippen LogP contribution in [0, 0.1) is 5.41 Å². The highest BCUT2D eigenvalue weighted by Gasteiger charge is 2.29. The third-order valence-corrected chi connectivity index (χ3v) is 3.32. The molecule has 1 rings (SSSR count). The van der Waals surface area contributed by atoms with E-state index in [-0.39, 0.29) is 29.6 Å². The van der Waals surface area contributed by atoms with Crippen LogP contribution in [0.2, 0.25) is 0 Å². The lowest BCUT2D eigenvalue weighted by Crippen LogP contribution is -2.46. The third-order valence-electron chi connectivity index (χ3n) is 3.32. The van der Waals surface area contributed by atoms with Crippen molar-refractivity contribution in [2.45, 2.75) is 52.6 Å². The molecule has 1 unspecified atom stereocenters. The zero-order valence-electron chi connectivity index (χ0n) is 13.0. The Morgan fingerprint density at radius 2 is 2.00 bits per heavy atom. The van der Waals surface area contributed by atoms with Crippen molar-refractivity contribution in [2.75, 3.05) is 26.7 Å². The van der Waals surface area contributed by atoms with Gasteiger partial charge in [0.2, 0.25) is 0 Å². The molecular formula is C14H30IN3O. The molecule has 2 N–H and O–H groups in total.